The lowest BCUT2D eigenvalue weighted by atomic mass is 10.0. The molecule has 0 spiro atoms. The Balaban J connectivity index is 4.25. The Hall–Kier alpha value is -2.11. The third-order valence-corrected chi connectivity index (χ3v) is 17.5. The van der Waals surface area contributed by atoms with Gasteiger partial charge in [0.25, 0.3) is 0 Å². The van der Waals surface area contributed by atoms with E-state index >= 15 is 0 Å². The standard InChI is InChI=1S/C77H146O6/c1-4-7-10-13-16-19-22-25-28-31-33-35-37-38-39-40-42-43-46-49-52-55-58-61-64-67-70-76(79)82-73-74(72-81-75(78)69-66-63-60-57-54-51-48-45-30-27-24-21-18-15-12-9-6-3)83-77(80)71-68-65-62-59-56-53-50-47-44-41-36-34-32-29-26-23-20-17-14-11-8-5-2/h18,21,27,30,74H,4-17,19-20,22-26,28-29,31-73H2,1-3H3/b21-18-,30-27-. The van der Waals surface area contributed by atoms with Crippen LogP contribution in [-0.2, 0) is 28.6 Å². The molecule has 1 atom stereocenters. The van der Waals surface area contributed by atoms with Crippen molar-refractivity contribution < 1.29 is 28.6 Å². The Morgan fingerprint density at radius 1 is 0.241 bits per heavy atom. The lowest BCUT2D eigenvalue weighted by Gasteiger charge is -2.18. The smallest absolute Gasteiger partial charge is 0.306 e. The molecular weight excluding hydrogens is 1020 g/mol. The molecule has 0 aromatic carbocycles. The molecule has 0 heterocycles. The maximum absolute atomic E-state index is 13.0. The molecule has 0 aliphatic carbocycles. The molecule has 1 unspecified atom stereocenters. The van der Waals surface area contributed by atoms with Gasteiger partial charge in [0.15, 0.2) is 6.10 Å². The molecule has 0 amide bonds. The lowest BCUT2D eigenvalue weighted by Crippen LogP contribution is -2.30. The molecule has 0 aliphatic heterocycles. The number of hydrogen-bond donors (Lipinski definition) is 0. The van der Waals surface area contributed by atoms with Crippen molar-refractivity contribution in [3.63, 3.8) is 0 Å². The van der Waals surface area contributed by atoms with Gasteiger partial charge >= 0.3 is 17.9 Å². The molecule has 0 bridgehead atoms. The van der Waals surface area contributed by atoms with Crippen LogP contribution in [0.4, 0.5) is 0 Å². The first-order valence-electron chi connectivity index (χ1n) is 37.8. The van der Waals surface area contributed by atoms with Gasteiger partial charge < -0.3 is 14.2 Å². The number of allylic oxidation sites excluding steroid dienone is 4. The highest BCUT2D eigenvalue weighted by atomic mass is 16.6. The first kappa shape index (κ1) is 80.9. The maximum Gasteiger partial charge on any atom is 0.306 e. The van der Waals surface area contributed by atoms with E-state index in [1.165, 1.54) is 321 Å². The monoisotopic (exact) mass is 1170 g/mol. The normalized spacial score (nSPS) is 12.1. The van der Waals surface area contributed by atoms with E-state index < -0.39 is 6.10 Å². The quantitative estimate of drug-likeness (QED) is 0.0261. The van der Waals surface area contributed by atoms with Crippen LogP contribution in [0.5, 0.6) is 0 Å². The predicted octanol–water partition coefficient (Wildman–Crippen LogP) is 26.1. The third-order valence-electron chi connectivity index (χ3n) is 17.5. The summed E-state index contributed by atoms with van der Waals surface area (Å²) < 4.78 is 17.0. The van der Waals surface area contributed by atoms with Gasteiger partial charge in [-0.3, -0.25) is 14.4 Å². The zero-order chi connectivity index (χ0) is 59.9. The first-order chi connectivity index (χ1) is 41.0. The number of hydrogen-bond acceptors (Lipinski definition) is 6. The van der Waals surface area contributed by atoms with Gasteiger partial charge in [0.1, 0.15) is 13.2 Å². The summed E-state index contributed by atoms with van der Waals surface area (Å²) in [5.74, 6) is -0.837. The SMILES string of the molecule is CCCCC/C=C\C/C=C\CCCCCCCCCC(=O)OCC(COC(=O)CCCCCCCCCCCCCCCCCCCCCCCCCCCC)OC(=O)CCCCCCCCCCCCCCCCCCCCCCCC. The molecule has 0 saturated carbocycles. The molecule has 0 aromatic heterocycles. The second kappa shape index (κ2) is 72.4. The van der Waals surface area contributed by atoms with Gasteiger partial charge in [-0.1, -0.05) is 385 Å². The molecule has 490 valence electrons. The Bertz CT molecular complexity index is 1340. The Kier molecular flexibility index (Phi) is 70.5. The van der Waals surface area contributed by atoms with Crippen molar-refractivity contribution in [3.05, 3.63) is 24.3 Å². The fourth-order valence-electron chi connectivity index (χ4n) is 11.8. The second-order valence-electron chi connectivity index (χ2n) is 25.9. The highest BCUT2D eigenvalue weighted by Gasteiger charge is 2.20. The first-order valence-corrected chi connectivity index (χ1v) is 37.8. The van der Waals surface area contributed by atoms with Gasteiger partial charge in [0.05, 0.1) is 0 Å². The van der Waals surface area contributed by atoms with Crippen LogP contribution in [0.15, 0.2) is 24.3 Å². The summed E-state index contributed by atoms with van der Waals surface area (Å²) in [7, 11) is 0. The van der Waals surface area contributed by atoms with Gasteiger partial charge in [-0.2, -0.15) is 0 Å². The van der Waals surface area contributed by atoms with Crippen molar-refractivity contribution >= 4 is 17.9 Å². The van der Waals surface area contributed by atoms with Gasteiger partial charge in [-0.15, -0.1) is 0 Å². The number of unbranched alkanes of at least 4 members (excludes halogenated alkanes) is 56. The zero-order valence-corrected chi connectivity index (χ0v) is 56.5. The van der Waals surface area contributed by atoms with E-state index in [1.807, 2.05) is 0 Å². The summed E-state index contributed by atoms with van der Waals surface area (Å²) in [5.41, 5.74) is 0. The molecule has 83 heavy (non-hydrogen) atoms. The summed E-state index contributed by atoms with van der Waals surface area (Å²) in [6.07, 6.45) is 89.4. The van der Waals surface area contributed by atoms with Crippen molar-refractivity contribution in [3.8, 4) is 0 Å². The largest absolute Gasteiger partial charge is 0.462 e. The van der Waals surface area contributed by atoms with Crippen LogP contribution < -0.4 is 0 Å². The number of carbonyl (C=O) groups excluding carboxylic acids is 3. The molecule has 0 N–H and O–H groups in total. The molecule has 0 aromatic rings. The van der Waals surface area contributed by atoms with E-state index in [9.17, 15) is 14.4 Å². The van der Waals surface area contributed by atoms with Crippen LogP contribution in [0.1, 0.15) is 432 Å². The average molecular weight is 1170 g/mol. The maximum atomic E-state index is 13.0. The van der Waals surface area contributed by atoms with Gasteiger partial charge in [0.2, 0.25) is 0 Å². The fraction of sp³-hybridized carbons (Fsp3) is 0.909. The van der Waals surface area contributed by atoms with Crippen LogP contribution in [0.2, 0.25) is 0 Å². The summed E-state index contributed by atoms with van der Waals surface area (Å²) in [6, 6.07) is 0. The Labute approximate surface area is 519 Å². The molecule has 0 radical (unpaired) electrons. The predicted molar refractivity (Wildman–Crippen MR) is 363 cm³/mol. The topological polar surface area (TPSA) is 78.9 Å². The molecule has 0 saturated heterocycles. The number of rotatable bonds is 71. The van der Waals surface area contributed by atoms with Crippen LogP contribution in [0.3, 0.4) is 0 Å². The molecule has 6 nitrogen and oxygen atoms in total. The van der Waals surface area contributed by atoms with E-state index in [-0.39, 0.29) is 31.1 Å². The highest BCUT2D eigenvalue weighted by Crippen LogP contribution is 2.20. The number of esters is 3. The molecular formula is C77H146O6. The minimum atomic E-state index is -0.772. The van der Waals surface area contributed by atoms with Gasteiger partial charge in [0, 0.05) is 19.3 Å². The lowest BCUT2D eigenvalue weighted by molar-refractivity contribution is -0.167. The fourth-order valence-corrected chi connectivity index (χ4v) is 11.8. The summed E-state index contributed by atoms with van der Waals surface area (Å²) in [6.45, 7) is 6.71. The van der Waals surface area contributed by atoms with Crippen LogP contribution in [-0.4, -0.2) is 37.2 Å². The highest BCUT2D eigenvalue weighted by molar-refractivity contribution is 5.71. The zero-order valence-electron chi connectivity index (χ0n) is 56.5. The summed E-state index contributed by atoms with van der Waals surface area (Å²) in [5, 5.41) is 0. The second-order valence-corrected chi connectivity index (χ2v) is 25.9. The number of ether oxygens (including phenoxy) is 3. The van der Waals surface area contributed by atoms with Crippen LogP contribution >= 0.6 is 0 Å². The van der Waals surface area contributed by atoms with Gasteiger partial charge in [-0.25, -0.2) is 0 Å². The van der Waals surface area contributed by atoms with Crippen molar-refractivity contribution in [2.75, 3.05) is 13.2 Å². The van der Waals surface area contributed by atoms with E-state index in [0.717, 1.165) is 70.6 Å². The van der Waals surface area contributed by atoms with Crippen molar-refractivity contribution in [2.24, 2.45) is 0 Å². The molecule has 0 aliphatic rings. The van der Waals surface area contributed by atoms with E-state index in [0.29, 0.717) is 19.3 Å². The number of carbonyl (C=O) groups is 3. The molecule has 0 rings (SSSR count). The van der Waals surface area contributed by atoms with Crippen molar-refractivity contribution in [1.29, 1.82) is 0 Å². The third kappa shape index (κ3) is 70.5. The van der Waals surface area contributed by atoms with Crippen LogP contribution in [0.25, 0.3) is 0 Å². The minimum Gasteiger partial charge on any atom is -0.462 e. The minimum absolute atomic E-state index is 0.0668. The van der Waals surface area contributed by atoms with Crippen molar-refractivity contribution in [2.45, 2.75) is 438 Å². The summed E-state index contributed by atoms with van der Waals surface area (Å²) in [4.78, 5) is 38.5. The summed E-state index contributed by atoms with van der Waals surface area (Å²) >= 11 is 0. The van der Waals surface area contributed by atoms with E-state index in [2.05, 4.69) is 45.1 Å². The molecule has 6 heteroatoms. The van der Waals surface area contributed by atoms with Crippen LogP contribution in [0, 0.1) is 0 Å². The van der Waals surface area contributed by atoms with Gasteiger partial charge in [-0.05, 0) is 51.4 Å². The Morgan fingerprint density at radius 2 is 0.434 bits per heavy atom. The molecule has 0 fully saturated rings. The van der Waals surface area contributed by atoms with E-state index in [1.54, 1.807) is 0 Å². The average Bonchev–Trinajstić information content (AvgIpc) is 3.50. The van der Waals surface area contributed by atoms with E-state index in [4.69, 9.17) is 14.2 Å². The van der Waals surface area contributed by atoms with Crippen molar-refractivity contribution in [1.82, 2.24) is 0 Å². The Morgan fingerprint density at radius 3 is 0.687 bits per heavy atom.